The molecule has 5 nitrogen and oxygen atoms in total. The Bertz CT molecular complexity index is 692. The Balaban J connectivity index is 2.09. The van der Waals surface area contributed by atoms with Crippen LogP contribution >= 0.6 is 0 Å². The van der Waals surface area contributed by atoms with Gasteiger partial charge in [-0.1, -0.05) is 30.3 Å². The summed E-state index contributed by atoms with van der Waals surface area (Å²) in [5.74, 6) is -0.624. The van der Waals surface area contributed by atoms with Crippen LogP contribution in [0.3, 0.4) is 0 Å². The average Bonchev–Trinajstić information content (AvgIpc) is 2.67. The van der Waals surface area contributed by atoms with Crippen LogP contribution in [0.4, 0.5) is 10.1 Å². The Morgan fingerprint density at radius 3 is 2.42 bits per heavy atom. The smallest absolute Gasteiger partial charge is 0.243 e. The first-order chi connectivity index (χ1) is 12.7. The van der Waals surface area contributed by atoms with Gasteiger partial charge >= 0.3 is 0 Å². The number of carbonyl (C=O) groups excluding carboxylic acids is 2. The molecule has 0 heterocycles. The number of anilines is 1. The van der Waals surface area contributed by atoms with Crippen molar-refractivity contribution < 1.29 is 19.1 Å². The number of para-hydroxylation sites is 1. The predicted octanol–water partition coefficient (Wildman–Crippen LogP) is 2.64. The van der Waals surface area contributed by atoms with Crippen LogP contribution in [0.5, 0.6) is 0 Å². The van der Waals surface area contributed by atoms with E-state index in [1.165, 1.54) is 17.0 Å². The van der Waals surface area contributed by atoms with Gasteiger partial charge in [0.15, 0.2) is 0 Å². The van der Waals surface area contributed by atoms with Crippen LogP contribution in [0.2, 0.25) is 0 Å². The predicted molar refractivity (Wildman–Crippen MR) is 98.0 cm³/mol. The number of nitrogens with zero attached hydrogens (tertiary/aromatic N) is 1. The van der Waals surface area contributed by atoms with Crippen molar-refractivity contribution in [2.45, 2.75) is 31.8 Å². The molecule has 0 bridgehead atoms. The molecule has 2 N–H and O–H groups in total. The van der Waals surface area contributed by atoms with Crippen LogP contribution in [0, 0.1) is 5.82 Å². The molecule has 0 aliphatic rings. The van der Waals surface area contributed by atoms with E-state index < -0.39 is 6.04 Å². The zero-order valence-corrected chi connectivity index (χ0v) is 14.5. The van der Waals surface area contributed by atoms with Crippen LogP contribution in [-0.2, 0) is 16.1 Å². The number of carbonyl (C=O) groups is 2. The number of rotatable bonds is 10. The molecule has 0 aliphatic carbocycles. The van der Waals surface area contributed by atoms with Crippen LogP contribution in [0.25, 0.3) is 0 Å². The minimum Gasteiger partial charge on any atom is -0.396 e. The third-order valence-electron chi connectivity index (χ3n) is 4.07. The molecule has 2 rings (SSSR count). The highest BCUT2D eigenvalue weighted by Crippen LogP contribution is 2.18. The second-order valence-electron chi connectivity index (χ2n) is 5.93. The lowest BCUT2D eigenvalue weighted by molar-refractivity contribution is -0.124. The average molecular weight is 358 g/mol. The van der Waals surface area contributed by atoms with E-state index in [2.05, 4.69) is 5.32 Å². The van der Waals surface area contributed by atoms with Crippen molar-refractivity contribution in [3.63, 3.8) is 0 Å². The fraction of sp³-hybridized carbons (Fsp3) is 0.300. The minimum absolute atomic E-state index is 0.0380. The number of aliphatic hydroxyl groups is 1. The van der Waals surface area contributed by atoms with Crippen molar-refractivity contribution in [3.05, 3.63) is 66.0 Å². The Kier molecular flexibility index (Phi) is 7.76. The van der Waals surface area contributed by atoms with E-state index in [1.54, 1.807) is 36.4 Å². The third kappa shape index (κ3) is 5.67. The Hall–Kier alpha value is -2.73. The SMILES string of the molecule is O=CN(c1ccccc1)[C@@H](CCCCO)C(=O)NCc1ccc(F)cc1. The summed E-state index contributed by atoms with van der Waals surface area (Å²) in [5, 5.41) is 11.8. The maximum atomic E-state index is 13.0. The summed E-state index contributed by atoms with van der Waals surface area (Å²) < 4.78 is 13.0. The molecule has 2 aromatic carbocycles. The van der Waals surface area contributed by atoms with Gasteiger partial charge in [-0.3, -0.25) is 9.59 Å². The van der Waals surface area contributed by atoms with Gasteiger partial charge in [-0.05, 0) is 49.1 Å². The number of halogens is 1. The number of nitrogens with one attached hydrogen (secondary N) is 1. The van der Waals surface area contributed by atoms with Gasteiger partial charge in [-0.25, -0.2) is 4.39 Å². The molecule has 0 radical (unpaired) electrons. The Morgan fingerprint density at radius 2 is 1.81 bits per heavy atom. The largest absolute Gasteiger partial charge is 0.396 e. The topological polar surface area (TPSA) is 69.6 Å². The lowest BCUT2D eigenvalue weighted by atomic mass is 10.1. The third-order valence-corrected chi connectivity index (χ3v) is 4.07. The summed E-state index contributed by atoms with van der Waals surface area (Å²) in [5.41, 5.74) is 1.40. The van der Waals surface area contributed by atoms with Gasteiger partial charge in [0.05, 0.1) is 0 Å². The lowest BCUT2D eigenvalue weighted by Gasteiger charge is -2.27. The van der Waals surface area contributed by atoms with E-state index in [0.717, 1.165) is 5.56 Å². The molecule has 0 saturated carbocycles. The molecular weight excluding hydrogens is 335 g/mol. The molecular formula is C20H23FN2O3. The van der Waals surface area contributed by atoms with Gasteiger partial charge in [-0.2, -0.15) is 0 Å². The standard InChI is InChI=1S/C20H23FN2O3/c21-17-11-9-16(10-12-17)14-22-20(26)19(8-4-5-13-24)23(15-25)18-6-2-1-3-7-18/h1-3,6-7,9-12,15,19,24H,4-5,8,13-14H2,(H,22,26)/t19-/m0/s1. The van der Waals surface area contributed by atoms with E-state index in [1.807, 2.05) is 6.07 Å². The first kappa shape index (κ1) is 19.6. The Morgan fingerprint density at radius 1 is 1.12 bits per heavy atom. The molecule has 0 unspecified atom stereocenters. The highest BCUT2D eigenvalue weighted by molar-refractivity contribution is 5.92. The maximum absolute atomic E-state index is 13.0. The van der Waals surface area contributed by atoms with E-state index in [9.17, 15) is 14.0 Å². The quantitative estimate of drug-likeness (QED) is 0.507. The summed E-state index contributed by atoms with van der Waals surface area (Å²) in [7, 11) is 0. The van der Waals surface area contributed by atoms with Gasteiger partial charge in [0.1, 0.15) is 11.9 Å². The summed E-state index contributed by atoms with van der Waals surface area (Å²) >= 11 is 0. The van der Waals surface area contributed by atoms with Crippen molar-refractivity contribution in [3.8, 4) is 0 Å². The lowest BCUT2D eigenvalue weighted by Crippen LogP contribution is -2.46. The van der Waals surface area contributed by atoms with Crippen LogP contribution in [-0.4, -0.2) is 30.1 Å². The van der Waals surface area contributed by atoms with Gasteiger partial charge in [-0.15, -0.1) is 0 Å². The monoisotopic (exact) mass is 358 g/mol. The second-order valence-corrected chi connectivity index (χ2v) is 5.93. The summed E-state index contributed by atoms with van der Waals surface area (Å²) in [6.45, 7) is 0.285. The number of amides is 2. The van der Waals surface area contributed by atoms with E-state index >= 15 is 0 Å². The zero-order chi connectivity index (χ0) is 18.8. The van der Waals surface area contributed by atoms with Crippen molar-refractivity contribution in [1.82, 2.24) is 5.32 Å². The van der Waals surface area contributed by atoms with Crippen molar-refractivity contribution in [2.24, 2.45) is 0 Å². The number of unbranched alkanes of at least 4 members (excludes halogenated alkanes) is 1. The van der Waals surface area contributed by atoms with Gasteiger partial charge in [0.25, 0.3) is 0 Å². The normalized spacial score (nSPS) is 11.6. The minimum atomic E-state index is -0.679. The van der Waals surface area contributed by atoms with Crippen LogP contribution in [0.15, 0.2) is 54.6 Å². The maximum Gasteiger partial charge on any atom is 0.243 e. The van der Waals surface area contributed by atoms with E-state index in [0.29, 0.717) is 31.4 Å². The van der Waals surface area contributed by atoms with Crippen molar-refractivity contribution in [2.75, 3.05) is 11.5 Å². The van der Waals surface area contributed by atoms with Crippen LogP contribution in [0.1, 0.15) is 24.8 Å². The van der Waals surface area contributed by atoms with Crippen molar-refractivity contribution >= 4 is 18.0 Å². The van der Waals surface area contributed by atoms with Crippen molar-refractivity contribution in [1.29, 1.82) is 0 Å². The molecule has 2 aromatic rings. The molecule has 6 heteroatoms. The van der Waals surface area contributed by atoms with E-state index in [-0.39, 0.29) is 24.9 Å². The number of benzene rings is 2. The second kappa shape index (κ2) is 10.3. The molecule has 26 heavy (non-hydrogen) atoms. The number of hydrogen-bond donors (Lipinski definition) is 2. The van der Waals surface area contributed by atoms with Crippen LogP contribution < -0.4 is 10.2 Å². The first-order valence-corrected chi connectivity index (χ1v) is 8.57. The molecule has 138 valence electrons. The zero-order valence-electron chi connectivity index (χ0n) is 14.5. The highest BCUT2D eigenvalue weighted by Gasteiger charge is 2.25. The molecule has 2 amide bonds. The Labute approximate surface area is 152 Å². The molecule has 0 spiro atoms. The molecule has 0 aliphatic heterocycles. The van der Waals surface area contributed by atoms with Gasteiger partial charge in [0.2, 0.25) is 12.3 Å². The molecule has 0 aromatic heterocycles. The molecule has 1 atom stereocenters. The fourth-order valence-electron chi connectivity index (χ4n) is 2.67. The molecule has 0 fully saturated rings. The number of hydrogen-bond acceptors (Lipinski definition) is 3. The highest BCUT2D eigenvalue weighted by atomic mass is 19.1. The molecule has 0 saturated heterocycles. The summed E-state index contributed by atoms with van der Waals surface area (Å²) in [6, 6.07) is 14.2. The van der Waals surface area contributed by atoms with E-state index in [4.69, 9.17) is 5.11 Å². The van der Waals surface area contributed by atoms with Gasteiger partial charge < -0.3 is 15.3 Å². The summed E-state index contributed by atoms with van der Waals surface area (Å²) in [4.78, 5) is 25.8. The van der Waals surface area contributed by atoms with Gasteiger partial charge in [0, 0.05) is 18.8 Å². The fourth-order valence-corrected chi connectivity index (χ4v) is 2.67. The number of aliphatic hydroxyl groups excluding tert-OH is 1. The first-order valence-electron chi connectivity index (χ1n) is 8.57. The summed E-state index contributed by atoms with van der Waals surface area (Å²) in [6.07, 6.45) is 2.26.